The maximum absolute atomic E-state index is 15.4. The number of hydrogen-bond acceptors (Lipinski definition) is 10. The average Bonchev–Trinajstić information content (AvgIpc) is 3.71. The molecule has 1 aliphatic rings. The first-order valence-electron chi connectivity index (χ1n) is 16.7. The normalized spacial score (nSPS) is 17.5. The number of benzene rings is 4. The zero-order chi connectivity index (χ0) is 36.7. The lowest BCUT2D eigenvalue weighted by Gasteiger charge is -2.53. The van der Waals surface area contributed by atoms with Crippen LogP contribution in [0.15, 0.2) is 125 Å². The maximum atomic E-state index is 15.4. The molecule has 5 aromatic rings. The summed E-state index contributed by atoms with van der Waals surface area (Å²) in [6, 6.07) is 34.5. The van der Waals surface area contributed by atoms with E-state index in [0.717, 1.165) is 15.9 Å². The monoisotopic (exact) mass is 759 g/mol. The number of aliphatic hydroxyl groups excluding tert-OH is 2. The van der Waals surface area contributed by atoms with E-state index >= 15 is 9.18 Å². The van der Waals surface area contributed by atoms with Crippen molar-refractivity contribution < 1.29 is 33.7 Å². The van der Waals surface area contributed by atoms with Crippen LogP contribution in [0.2, 0.25) is 0 Å². The van der Waals surface area contributed by atoms with E-state index < -0.39 is 55.5 Å². The van der Waals surface area contributed by atoms with Gasteiger partial charge < -0.3 is 24.6 Å². The molecule has 0 saturated carbocycles. The molecule has 0 radical (unpaired) electrons. The number of ether oxygens (including phenoxy) is 2. The van der Waals surface area contributed by atoms with Gasteiger partial charge in [-0.3, -0.25) is 9.18 Å². The molecule has 0 aliphatic carbocycles. The Morgan fingerprint density at radius 3 is 1.94 bits per heavy atom. The van der Waals surface area contributed by atoms with Gasteiger partial charge in [0.15, 0.2) is 4.34 Å². The molecule has 4 aromatic carbocycles. The number of alkyl halides is 1. The molecule has 1 saturated heterocycles. The van der Waals surface area contributed by atoms with Crippen molar-refractivity contribution in [1.82, 2.24) is 15.1 Å². The molecular formula is C39H39FN3O6PS2. The summed E-state index contributed by atoms with van der Waals surface area (Å²) in [6.45, 7) is -2.99. The number of rotatable bonds is 15. The van der Waals surface area contributed by atoms with Gasteiger partial charge in [-0.1, -0.05) is 126 Å². The van der Waals surface area contributed by atoms with E-state index in [1.54, 1.807) is 36.9 Å². The first-order chi connectivity index (χ1) is 25.3. The van der Waals surface area contributed by atoms with E-state index in [2.05, 4.69) is 10.2 Å². The highest BCUT2D eigenvalue weighted by Gasteiger charge is 2.58. The van der Waals surface area contributed by atoms with Gasteiger partial charge in [0.05, 0.1) is 38.0 Å². The largest absolute Gasteiger partial charge is 0.497 e. The minimum atomic E-state index is -3.32. The first-order valence-corrected chi connectivity index (χ1v) is 20.3. The molecule has 13 heteroatoms. The van der Waals surface area contributed by atoms with Crippen molar-refractivity contribution in [2.75, 3.05) is 19.5 Å². The fourth-order valence-corrected chi connectivity index (χ4v) is 12.7. The molecule has 1 aliphatic heterocycles. The van der Waals surface area contributed by atoms with Crippen molar-refractivity contribution in [3.8, 4) is 5.75 Å². The fourth-order valence-electron chi connectivity index (χ4n) is 6.76. The molecule has 270 valence electrons. The summed E-state index contributed by atoms with van der Waals surface area (Å²) in [5, 5.41) is 32.7. The maximum Gasteiger partial charge on any atom is 0.356 e. The number of aromatic nitrogens is 2. The molecule has 6 rings (SSSR count). The summed E-state index contributed by atoms with van der Waals surface area (Å²) in [7, 11) is 1.56. The Kier molecular flexibility index (Phi) is 12.2. The van der Waals surface area contributed by atoms with Crippen molar-refractivity contribution in [2.45, 2.75) is 36.1 Å². The van der Waals surface area contributed by atoms with E-state index in [0.29, 0.717) is 15.7 Å². The summed E-state index contributed by atoms with van der Waals surface area (Å²) in [5.41, 5.74) is 2.30. The van der Waals surface area contributed by atoms with Gasteiger partial charge in [-0.2, -0.15) is 0 Å². The van der Waals surface area contributed by atoms with Gasteiger partial charge in [-0.15, -0.1) is 10.2 Å². The summed E-state index contributed by atoms with van der Waals surface area (Å²) in [6.07, 6.45) is -2.46. The minimum Gasteiger partial charge on any atom is -0.497 e. The van der Waals surface area contributed by atoms with Gasteiger partial charge in [-0.05, 0) is 40.5 Å². The van der Waals surface area contributed by atoms with Crippen LogP contribution in [0.1, 0.15) is 12.5 Å². The molecule has 52 heavy (non-hydrogen) atoms. The van der Waals surface area contributed by atoms with Crippen molar-refractivity contribution in [3.63, 3.8) is 0 Å². The summed E-state index contributed by atoms with van der Waals surface area (Å²) in [4.78, 5) is 31.0. The molecule has 2 N–H and O–H groups in total. The Morgan fingerprint density at radius 2 is 1.48 bits per heavy atom. The van der Waals surface area contributed by atoms with Crippen LogP contribution in [-0.2, 0) is 20.9 Å². The Hall–Kier alpha value is -4.32. The number of carbonyl (C=O) groups excluding carboxylic acids is 2. The van der Waals surface area contributed by atoms with Crippen molar-refractivity contribution in [1.29, 1.82) is 0 Å². The zero-order valence-corrected chi connectivity index (χ0v) is 31.1. The average molecular weight is 760 g/mol. The third-order valence-electron chi connectivity index (χ3n) is 9.22. The Morgan fingerprint density at radius 1 is 0.923 bits per heavy atom. The number of halogens is 1. The van der Waals surface area contributed by atoms with Crippen LogP contribution in [0, 0.1) is 11.8 Å². The number of amides is 1. The topological polar surface area (TPSA) is 122 Å². The summed E-state index contributed by atoms with van der Waals surface area (Å²) >= 11 is 2.52. The highest BCUT2D eigenvalue weighted by atomic mass is 32.2. The van der Waals surface area contributed by atoms with E-state index in [-0.39, 0.29) is 17.8 Å². The SMILES string of the molecule is COc1ccc(COC(=O)C(N2C(=O)[C@H]([C@@H](C)O)[C@H]2[C@@H](CF)[C@H](O)CSc2nncs2)=P(c2ccccc2)(c2ccccc2)c2ccccc2)cc1. The van der Waals surface area contributed by atoms with Gasteiger partial charge in [-0.25, -0.2) is 4.79 Å². The smallest absolute Gasteiger partial charge is 0.356 e. The van der Waals surface area contributed by atoms with Crippen LogP contribution in [0.4, 0.5) is 4.39 Å². The van der Waals surface area contributed by atoms with Crippen LogP contribution in [-0.4, -0.2) is 80.4 Å². The molecule has 2 heterocycles. The molecule has 1 aromatic heterocycles. The van der Waals surface area contributed by atoms with E-state index in [4.69, 9.17) is 9.47 Å². The highest BCUT2D eigenvalue weighted by Crippen LogP contribution is 2.51. The first kappa shape index (κ1) is 37.4. The molecule has 5 atom stereocenters. The lowest BCUT2D eigenvalue weighted by molar-refractivity contribution is -0.164. The van der Waals surface area contributed by atoms with Crippen LogP contribution >= 0.6 is 30.0 Å². The molecule has 0 bridgehead atoms. The zero-order valence-electron chi connectivity index (χ0n) is 28.6. The lowest BCUT2D eigenvalue weighted by Crippen LogP contribution is -2.72. The van der Waals surface area contributed by atoms with Gasteiger partial charge in [0.2, 0.25) is 5.91 Å². The van der Waals surface area contributed by atoms with Crippen LogP contribution in [0.25, 0.3) is 0 Å². The Labute approximate surface area is 310 Å². The summed E-state index contributed by atoms with van der Waals surface area (Å²) in [5.74, 6) is -2.86. The molecule has 1 amide bonds. The number of aliphatic hydroxyl groups is 2. The number of β-lactam (4-membered cyclic amide) rings is 1. The predicted octanol–water partition coefficient (Wildman–Crippen LogP) is 4.66. The molecule has 1 fully saturated rings. The van der Waals surface area contributed by atoms with Crippen LogP contribution in [0.5, 0.6) is 5.75 Å². The van der Waals surface area contributed by atoms with Crippen molar-refractivity contribution in [3.05, 3.63) is 126 Å². The third-order valence-corrected chi connectivity index (χ3v) is 15.4. The molecule has 9 nitrogen and oxygen atoms in total. The predicted molar refractivity (Wildman–Crippen MR) is 205 cm³/mol. The fraction of sp³-hybridized carbons (Fsp3) is 0.256. The molecule has 0 unspecified atom stereocenters. The van der Waals surface area contributed by atoms with Crippen LogP contribution in [0.3, 0.4) is 0 Å². The van der Waals surface area contributed by atoms with Crippen LogP contribution < -0.4 is 20.7 Å². The standard InChI is InChI=1S/C39H39FN3O6PS2/c1-26(44)34-35(32(22-40)33(45)24-51-39-42-41-25-52-39)43(36(34)46)37(38(47)49-23-27-18-20-28(48-2)21-19-27)50(29-12-6-3-7-13-29,30-14-8-4-9-15-30)31-16-10-5-11-17-31/h3-21,25-26,32-35,44-45H,22-24H2,1-2H3/t26-,32+,33-,34-,35-/m1/s1. The third kappa shape index (κ3) is 7.44. The van der Waals surface area contributed by atoms with Gasteiger partial charge >= 0.3 is 5.97 Å². The van der Waals surface area contributed by atoms with E-state index in [1.165, 1.54) is 34.9 Å². The van der Waals surface area contributed by atoms with Gasteiger partial charge in [0, 0.05) is 18.6 Å². The second-order valence-electron chi connectivity index (χ2n) is 12.3. The highest BCUT2D eigenvalue weighted by molar-refractivity contribution is 8.01. The number of hydrogen-bond donors (Lipinski definition) is 2. The Balaban J connectivity index is 1.60. The van der Waals surface area contributed by atoms with E-state index in [1.807, 2.05) is 91.0 Å². The number of methoxy groups -OCH3 is 1. The van der Waals surface area contributed by atoms with Gasteiger partial charge in [0.25, 0.3) is 0 Å². The molecule has 0 spiro atoms. The van der Waals surface area contributed by atoms with Gasteiger partial charge in [0.1, 0.15) is 23.3 Å². The minimum absolute atomic E-state index is 0.0407. The Bertz CT molecular complexity index is 1880. The van der Waals surface area contributed by atoms with Crippen molar-refractivity contribution >= 4 is 63.2 Å². The number of nitrogens with zero attached hydrogens (tertiary/aromatic N) is 3. The van der Waals surface area contributed by atoms with E-state index in [9.17, 15) is 15.0 Å². The second kappa shape index (κ2) is 17.0. The van der Waals surface area contributed by atoms with Crippen molar-refractivity contribution in [2.24, 2.45) is 11.8 Å². The molecular weight excluding hydrogens is 721 g/mol. The number of esters is 1. The number of thioether (sulfide) groups is 1. The number of carbonyl (C=O) groups is 2. The summed E-state index contributed by atoms with van der Waals surface area (Å²) < 4.78 is 27.4. The number of likely N-dealkylation sites (tertiary alicyclic amines) is 1. The second-order valence-corrected chi connectivity index (χ2v) is 17.7. The lowest BCUT2D eigenvalue weighted by atomic mass is 9.74. The quantitative estimate of drug-likeness (QED) is 0.0680.